The topological polar surface area (TPSA) is 81.1 Å². The first kappa shape index (κ1) is 17.8. The first-order valence-electron chi connectivity index (χ1n) is 7.05. The van der Waals surface area contributed by atoms with Crippen molar-refractivity contribution >= 4 is 12.0 Å². The molecule has 0 unspecified atom stereocenters. The van der Waals surface area contributed by atoms with Gasteiger partial charge in [-0.05, 0) is 38.5 Å². The summed E-state index contributed by atoms with van der Waals surface area (Å²) in [5.41, 5.74) is 0.0764. The van der Waals surface area contributed by atoms with Crippen LogP contribution in [-0.2, 0) is 11.2 Å². The van der Waals surface area contributed by atoms with Crippen molar-refractivity contribution in [1.82, 2.24) is 9.80 Å². The number of rotatable bonds is 4. The lowest BCUT2D eigenvalue weighted by Gasteiger charge is -2.39. The minimum Gasteiger partial charge on any atom is -0.508 e. The SMILES string of the molecule is CN(C)C(=O)[C@H](Cc1ccc(O)cc1)N(C(=O)O)C(C)(C)C. The Labute approximate surface area is 131 Å². The number of carboxylic acid groups (broad SMARTS) is 1. The number of nitrogens with zero attached hydrogens (tertiary/aromatic N) is 2. The monoisotopic (exact) mass is 308 g/mol. The molecule has 1 aromatic carbocycles. The summed E-state index contributed by atoms with van der Waals surface area (Å²) >= 11 is 0. The Morgan fingerprint density at radius 3 is 2.00 bits per heavy atom. The molecule has 2 N–H and O–H groups in total. The van der Waals surface area contributed by atoms with Gasteiger partial charge in [-0.15, -0.1) is 0 Å². The number of carbonyl (C=O) groups is 2. The Kier molecular flexibility index (Phi) is 5.41. The van der Waals surface area contributed by atoms with Crippen LogP contribution in [0.15, 0.2) is 24.3 Å². The highest BCUT2D eigenvalue weighted by Crippen LogP contribution is 2.22. The molecule has 1 aromatic rings. The van der Waals surface area contributed by atoms with E-state index in [1.807, 2.05) is 0 Å². The van der Waals surface area contributed by atoms with E-state index in [0.717, 1.165) is 5.56 Å². The molecule has 0 saturated heterocycles. The normalized spacial score (nSPS) is 12.6. The van der Waals surface area contributed by atoms with E-state index >= 15 is 0 Å². The molecule has 0 aliphatic rings. The van der Waals surface area contributed by atoms with Crippen LogP contribution in [0.1, 0.15) is 26.3 Å². The smallest absolute Gasteiger partial charge is 0.408 e. The summed E-state index contributed by atoms with van der Waals surface area (Å²) in [6.45, 7) is 5.27. The lowest BCUT2D eigenvalue weighted by Crippen LogP contribution is -2.57. The standard InChI is InChI=1S/C16H24N2O4/c1-16(2,3)18(15(21)22)13(14(20)17(4)5)10-11-6-8-12(19)9-7-11/h6-9,13,19H,10H2,1-5H3,(H,21,22)/t13-/m0/s1. The third-order valence-corrected chi connectivity index (χ3v) is 3.33. The molecule has 0 fully saturated rings. The van der Waals surface area contributed by atoms with Gasteiger partial charge in [0.25, 0.3) is 0 Å². The third kappa shape index (κ3) is 4.38. The van der Waals surface area contributed by atoms with Crippen LogP contribution in [0.2, 0.25) is 0 Å². The molecule has 0 spiro atoms. The van der Waals surface area contributed by atoms with E-state index in [2.05, 4.69) is 0 Å². The zero-order valence-electron chi connectivity index (χ0n) is 13.7. The predicted molar refractivity (Wildman–Crippen MR) is 83.9 cm³/mol. The largest absolute Gasteiger partial charge is 0.508 e. The predicted octanol–water partition coefficient (Wildman–Crippen LogP) is 2.17. The van der Waals surface area contributed by atoms with Gasteiger partial charge in [0.15, 0.2) is 0 Å². The highest BCUT2D eigenvalue weighted by Gasteiger charge is 2.38. The number of phenols is 1. The Bertz CT molecular complexity index is 532. The van der Waals surface area contributed by atoms with Crippen molar-refractivity contribution in [1.29, 1.82) is 0 Å². The molecule has 0 radical (unpaired) electrons. The number of aromatic hydroxyl groups is 1. The van der Waals surface area contributed by atoms with Crippen molar-refractivity contribution in [2.45, 2.75) is 38.8 Å². The summed E-state index contributed by atoms with van der Waals surface area (Å²) < 4.78 is 0. The molecular weight excluding hydrogens is 284 g/mol. The van der Waals surface area contributed by atoms with Crippen LogP contribution in [0.3, 0.4) is 0 Å². The molecule has 2 amide bonds. The molecule has 22 heavy (non-hydrogen) atoms. The van der Waals surface area contributed by atoms with Crippen LogP contribution in [0, 0.1) is 0 Å². The average Bonchev–Trinajstić information content (AvgIpc) is 2.37. The lowest BCUT2D eigenvalue weighted by atomic mass is 9.97. The second-order valence-electron chi connectivity index (χ2n) is 6.44. The van der Waals surface area contributed by atoms with Gasteiger partial charge in [0.1, 0.15) is 11.8 Å². The Morgan fingerprint density at radius 2 is 1.64 bits per heavy atom. The van der Waals surface area contributed by atoms with Crippen LogP contribution in [-0.4, -0.2) is 57.7 Å². The van der Waals surface area contributed by atoms with E-state index in [-0.39, 0.29) is 18.1 Å². The maximum atomic E-state index is 12.5. The lowest BCUT2D eigenvalue weighted by molar-refractivity contribution is -0.135. The van der Waals surface area contributed by atoms with Gasteiger partial charge < -0.3 is 15.1 Å². The van der Waals surface area contributed by atoms with Gasteiger partial charge in [-0.25, -0.2) is 4.79 Å². The molecular formula is C16H24N2O4. The Morgan fingerprint density at radius 1 is 1.14 bits per heavy atom. The fourth-order valence-electron chi connectivity index (χ4n) is 2.33. The van der Waals surface area contributed by atoms with E-state index in [4.69, 9.17) is 0 Å². The van der Waals surface area contributed by atoms with Gasteiger partial charge in [0.05, 0.1) is 0 Å². The van der Waals surface area contributed by atoms with E-state index in [9.17, 15) is 19.8 Å². The summed E-state index contributed by atoms with van der Waals surface area (Å²) in [7, 11) is 3.21. The fraction of sp³-hybridized carbons (Fsp3) is 0.500. The molecule has 0 saturated carbocycles. The molecule has 0 aromatic heterocycles. The van der Waals surface area contributed by atoms with Crippen LogP contribution in [0.4, 0.5) is 4.79 Å². The van der Waals surface area contributed by atoms with Gasteiger partial charge >= 0.3 is 6.09 Å². The molecule has 0 bridgehead atoms. The zero-order valence-corrected chi connectivity index (χ0v) is 13.7. The average molecular weight is 308 g/mol. The maximum Gasteiger partial charge on any atom is 0.408 e. The third-order valence-electron chi connectivity index (χ3n) is 3.33. The van der Waals surface area contributed by atoms with Crippen LogP contribution in [0.5, 0.6) is 5.75 Å². The van der Waals surface area contributed by atoms with Crippen LogP contribution in [0.25, 0.3) is 0 Å². The van der Waals surface area contributed by atoms with E-state index in [1.54, 1.807) is 47.0 Å². The van der Waals surface area contributed by atoms with Gasteiger partial charge in [-0.2, -0.15) is 0 Å². The first-order chi connectivity index (χ1) is 10.0. The first-order valence-corrected chi connectivity index (χ1v) is 7.05. The molecule has 0 heterocycles. The number of likely N-dealkylation sites (N-methyl/N-ethyl adjacent to an activating group) is 1. The zero-order chi connectivity index (χ0) is 17.1. The highest BCUT2D eigenvalue weighted by molar-refractivity contribution is 5.85. The van der Waals surface area contributed by atoms with Crippen molar-refractivity contribution in [3.63, 3.8) is 0 Å². The second kappa shape index (κ2) is 6.68. The fourth-order valence-corrected chi connectivity index (χ4v) is 2.33. The molecule has 1 rings (SSSR count). The van der Waals surface area contributed by atoms with Crippen molar-refractivity contribution in [2.75, 3.05) is 14.1 Å². The number of hydrogen-bond acceptors (Lipinski definition) is 3. The number of amides is 2. The molecule has 0 aliphatic heterocycles. The minimum atomic E-state index is -1.13. The van der Waals surface area contributed by atoms with Crippen LogP contribution >= 0.6 is 0 Å². The van der Waals surface area contributed by atoms with E-state index in [0.29, 0.717) is 0 Å². The maximum absolute atomic E-state index is 12.5. The van der Waals surface area contributed by atoms with Gasteiger partial charge in [-0.1, -0.05) is 12.1 Å². The summed E-state index contributed by atoms with van der Waals surface area (Å²) in [4.78, 5) is 26.7. The van der Waals surface area contributed by atoms with Gasteiger partial charge in [0, 0.05) is 26.1 Å². The van der Waals surface area contributed by atoms with E-state index < -0.39 is 17.7 Å². The number of benzene rings is 1. The number of carbonyl (C=O) groups excluding carboxylic acids is 1. The molecule has 122 valence electrons. The molecule has 6 nitrogen and oxygen atoms in total. The summed E-state index contributed by atoms with van der Waals surface area (Å²) in [5, 5.41) is 18.9. The van der Waals surface area contributed by atoms with Crippen LogP contribution < -0.4 is 0 Å². The summed E-state index contributed by atoms with van der Waals surface area (Å²) in [5.74, 6) is -0.143. The second-order valence-corrected chi connectivity index (χ2v) is 6.44. The van der Waals surface area contributed by atoms with Crippen molar-refractivity contribution < 1.29 is 19.8 Å². The van der Waals surface area contributed by atoms with Crippen molar-refractivity contribution in [3.8, 4) is 5.75 Å². The number of hydrogen-bond donors (Lipinski definition) is 2. The number of phenolic OH excluding ortho intramolecular Hbond substituents is 1. The van der Waals surface area contributed by atoms with Crippen molar-refractivity contribution in [3.05, 3.63) is 29.8 Å². The molecule has 6 heteroatoms. The highest BCUT2D eigenvalue weighted by atomic mass is 16.4. The quantitative estimate of drug-likeness (QED) is 0.893. The van der Waals surface area contributed by atoms with E-state index in [1.165, 1.54) is 21.9 Å². The summed E-state index contributed by atoms with van der Waals surface area (Å²) in [6, 6.07) is 5.60. The Balaban J connectivity index is 3.19. The minimum absolute atomic E-state index is 0.130. The Hall–Kier alpha value is -2.24. The molecule has 1 atom stereocenters. The van der Waals surface area contributed by atoms with Crippen molar-refractivity contribution in [2.24, 2.45) is 0 Å². The summed E-state index contributed by atoms with van der Waals surface area (Å²) in [6.07, 6.45) is -0.882. The van der Waals surface area contributed by atoms with Gasteiger partial charge in [0.2, 0.25) is 5.91 Å². The molecule has 0 aliphatic carbocycles. The van der Waals surface area contributed by atoms with Gasteiger partial charge in [-0.3, -0.25) is 9.69 Å².